The summed E-state index contributed by atoms with van der Waals surface area (Å²) < 4.78 is 0. The smallest absolute Gasteiger partial charge is 0.117 e. The maximum absolute atomic E-state index is 10.4. The third kappa shape index (κ3) is 3.57. The number of aromatic hydroxyl groups is 1. The van der Waals surface area contributed by atoms with Gasteiger partial charge in [-0.3, -0.25) is 0 Å². The summed E-state index contributed by atoms with van der Waals surface area (Å²) in [4.78, 5) is 12.6. The third-order valence-electron chi connectivity index (χ3n) is 3.29. The maximum atomic E-state index is 10.4. The Balaban J connectivity index is 2.01. The van der Waals surface area contributed by atoms with Gasteiger partial charge in [0.15, 0.2) is 0 Å². The number of hydrogen-bond acceptors (Lipinski definition) is 4. The van der Waals surface area contributed by atoms with E-state index in [9.17, 15) is 10.0 Å². The van der Waals surface area contributed by atoms with E-state index in [1.54, 1.807) is 24.3 Å². The van der Waals surface area contributed by atoms with Gasteiger partial charge in [-0.1, -0.05) is 18.2 Å². The number of hydrogen-bond donors (Lipinski definition) is 1. The molecule has 4 nitrogen and oxygen atoms in total. The summed E-state index contributed by atoms with van der Waals surface area (Å²) in [5.74, 6) is 0.280. The Kier molecular flexibility index (Phi) is 4.71. The van der Waals surface area contributed by atoms with Gasteiger partial charge in [0.1, 0.15) is 11.4 Å². The fraction of sp³-hybridized carbons (Fsp3) is 0.250. The fourth-order valence-corrected chi connectivity index (χ4v) is 2.15. The van der Waals surface area contributed by atoms with Crippen LogP contribution in [0.3, 0.4) is 0 Å². The molecule has 0 aliphatic rings. The number of benzene rings is 2. The van der Waals surface area contributed by atoms with Gasteiger partial charge in [0, 0.05) is 24.8 Å². The number of anilines is 1. The van der Waals surface area contributed by atoms with Crippen molar-refractivity contribution in [3.63, 3.8) is 0 Å². The van der Waals surface area contributed by atoms with Gasteiger partial charge in [-0.2, -0.15) is 0 Å². The molecule has 4 heteroatoms. The minimum Gasteiger partial charge on any atom is -0.508 e. The number of phenols is 1. The van der Waals surface area contributed by atoms with Crippen LogP contribution in [0.2, 0.25) is 0 Å². The molecular formula is C16H18N2O2. The van der Waals surface area contributed by atoms with E-state index in [1.807, 2.05) is 24.3 Å². The molecule has 0 aromatic heterocycles. The van der Waals surface area contributed by atoms with Gasteiger partial charge in [-0.25, -0.2) is 0 Å². The molecule has 20 heavy (non-hydrogen) atoms. The van der Waals surface area contributed by atoms with Crippen molar-refractivity contribution < 1.29 is 5.11 Å². The lowest BCUT2D eigenvalue weighted by Gasteiger charge is -2.23. The number of likely N-dealkylation sites (N-methyl/N-ethyl adjacent to an activating group) is 1. The van der Waals surface area contributed by atoms with Gasteiger partial charge in [-0.05, 0) is 48.4 Å². The Bertz CT molecular complexity index is 567. The molecule has 0 radical (unpaired) electrons. The first-order valence-corrected chi connectivity index (χ1v) is 6.69. The van der Waals surface area contributed by atoms with Crippen LogP contribution in [0.5, 0.6) is 5.75 Å². The molecule has 0 bridgehead atoms. The Morgan fingerprint density at radius 2 is 1.90 bits per heavy atom. The van der Waals surface area contributed by atoms with E-state index in [4.69, 9.17) is 0 Å². The number of rotatable bonds is 6. The van der Waals surface area contributed by atoms with E-state index < -0.39 is 0 Å². The van der Waals surface area contributed by atoms with Gasteiger partial charge in [0.2, 0.25) is 0 Å². The molecule has 1 N–H and O–H groups in total. The number of nitrogens with zero attached hydrogens (tertiary/aromatic N) is 2. The molecule has 0 atom stereocenters. The van der Waals surface area contributed by atoms with Crippen molar-refractivity contribution in [1.82, 2.24) is 0 Å². The van der Waals surface area contributed by atoms with E-state index in [0.29, 0.717) is 5.69 Å². The minimum atomic E-state index is 0.280. The predicted molar refractivity (Wildman–Crippen MR) is 81.6 cm³/mol. The molecule has 0 amide bonds. The topological polar surface area (TPSA) is 52.9 Å². The van der Waals surface area contributed by atoms with Crippen molar-refractivity contribution in [2.45, 2.75) is 13.3 Å². The predicted octanol–water partition coefficient (Wildman–Crippen LogP) is 3.86. The second-order valence-corrected chi connectivity index (χ2v) is 4.61. The van der Waals surface area contributed by atoms with Gasteiger partial charge >= 0.3 is 0 Å². The average Bonchev–Trinajstić information content (AvgIpc) is 2.48. The van der Waals surface area contributed by atoms with Crippen molar-refractivity contribution in [1.29, 1.82) is 0 Å². The Morgan fingerprint density at radius 3 is 2.50 bits per heavy atom. The molecule has 104 valence electrons. The molecule has 0 aliphatic carbocycles. The SMILES string of the molecule is CCN(CCc1ccc(N=O)cc1)c1cccc(O)c1. The summed E-state index contributed by atoms with van der Waals surface area (Å²) in [6.45, 7) is 3.81. The van der Waals surface area contributed by atoms with Crippen molar-refractivity contribution in [3.8, 4) is 5.75 Å². The molecule has 0 saturated carbocycles. The van der Waals surface area contributed by atoms with Crippen LogP contribution in [0.25, 0.3) is 0 Å². The summed E-state index contributed by atoms with van der Waals surface area (Å²) in [6.07, 6.45) is 0.878. The highest BCUT2D eigenvalue weighted by molar-refractivity contribution is 5.50. The lowest BCUT2D eigenvalue weighted by Crippen LogP contribution is -2.25. The number of nitroso groups, excluding NO2 is 1. The number of phenolic OH excluding ortho intramolecular Hbond substituents is 1. The zero-order chi connectivity index (χ0) is 14.4. The lowest BCUT2D eigenvalue weighted by molar-refractivity contribution is 0.475. The molecule has 0 fully saturated rings. The van der Waals surface area contributed by atoms with E-state index in [2.05, 4.69) is 17.0 Å². The highest BCUT2D eigenvalue weighted by atomic mass is 16.3. The first kappa shape index (κ1) is 14.1. The summed E-state index contributed by atoms with van der Waals surface area (Å²) in [7, 11) is 0. The monoisotopic (exact) mass is 270 g/mol. The molecule has 0 heterocycles. The first-order chi connectivity index (χ1) is 9.72. The maximum Gasteiger partial charge on any atom is 0.117 e. The summed E-state index contributed by atoms with van der Waals surface area (Å²) in [5.41, 5.74) is 2.63. The van der Waals surface area contributed by atoms with Crippen LogP contribution in [0.4, 0.5) is 11.4 Å². The highest BCUT2D eigenvalue weighted by Crippen LogP contribution is 2.20. The Hall–Kier alpha value is -2.36. The minimum absolute atomic E-state index is 0.280. The molecule has 2 aromatic carbocycles. The second-order valence-electron chi connectivity index (χ2n) is 4.61. The van der Waals surface area contributed by atoms with Crippen molar-refractivity contribution in [2.75, 3.05) is 18.0 Å². The van der Waals surface area contributed by atoms with Crippen LogP contribution in [0.15, 0.2) is 53.7 Å². The molecule has 2 aromatic rings. The van der Waals surface area contributed by atoms with Crippen LogP contribution in [0.1, 0.15) is 12.5 Å². The normalized spacial score (nSPS) is 10.2. The lowest BCUT2D eigenvalue weighted by atomic mass is 10.1. The first-order valence-electron chi connectivity index (χ1n) is 6.69. The van der Waals surface area contributed by atoms with Crippen LogP contribution < -0.4 is 4.90 Å². The van der Waals surface area contributed by atoms with Crippen LogP contribution in [0, 0.1) is 4.91 Å². The van der Waals surface area contributed by atoms with Crippen molar-refractivity contribution in [2.24, 2.45) is 5.18 Å². The Morgan fingerprint density at radius 1 is 1.15 bits per heavy atom. The quantitative estimate of drug-likeness (QED) is 0.811. The zero-order valence-electron chi connectivity index (χ0n) is 11.5. The average molecular weight is 270 g/mol. The highest BCUT2D eigenvalue weighted by Gasteiger charge is 2.05. The summed E-state index contributed by atoms with van der Waals surface area (Å²) in [6, 6.07) is 14.6. The largest absolute Gasteiger partial charge is 0.508 e. The molecule has 2 rings (SSSR count). The van der Waals surface area contributed by atoms with Crippen LogP contribution >= 0.6 is 0 Å². The molecule has 0 saturated heterocycles. The van der Waals surface area contributed by atoms with Gasteiger partial charge in [-0.15, -0.1) is 4.91 Å². The molecular weight excluding hydrogens is 252 g/mol. The molecule has 0 unspecified atom stereocenters. The van der Waals surface area contributed by atoms with Crippen molar-refractivity contribution in [3.05, 3.63) is 59.0 Å². The van der Waals surface area contributed by atoms with Crippen molar-refractivity contribution >= 4 is 11.4 Å². The second kappa shape index (κ2) is 6.70. The van der Waals surface area contributed by atoms with E-state index in [1.165, 1.54) is 0 Å². The van der Waals surface area contributed by atoms with E-state index >= 15 is 0 Å². The summed E-state index contributed by atoms with van der Waals surface area (Å²) in [5, 5.41) is 12.4. The van der Waals surface area contributed by atoms with Gasteiger partial charge in [0.25, 0.3) is 0 Å². The summed E-state index contributed by atoms with van der Waals surface area (Å²) >= 11 is 0. The van der Waals surface area contributed by atoms with Gasteiger partial charge < -0.3 is 10.0 Å². The molecule has 0 spiro atoms. The van der Waals surface area contributed by atoms with E-state index in [-0.39, 0.29) is 5.75 Å². The molecule has 0 aliphatic heterocycles. The Labute approximate surface area is 118 Å². The van der Waals surface area contributed by atoms with E-state index in [0.717, 1.165) is 30.8 Å². The fourth-order valence-electron chi connectivity index (χ4n) is 2.15. The standard InChI is InChI=1S/C16H18N2O2/c1-2-18(15-4-3-5-16(19)12-15)11-10-13-6-8-14(17-20)9-7-13/h3-9,12,19H,2,10-11H2,1H3. The van der Waals surface area contributed by atoms with Gasteiger partial charge in [0.05, 0.1) is 0 Å². The zero-order valence-corrected chi connectivity index (χ0v) is 11.5. The van der Waals surface area contributed by atoms with Crippen LogP contribution in [-0.2, 0) is 6.42 Å². The third-order valence-corrected chi connectivity index (χ3v) is 3.29. The van der Waals surface area contributed by atoms with Crippen LogP contribution in [-0.4, -0.2) is 18.2 Å².